The van der Waals surface area contributed by atoms with E-state index in [0.717, 1.165) is 0 Å². The number of amides is 1. The zero-order chi connectivity index (χ0) is 21.7. The second-order valence-electron chi connectivity index (χ2n) is 6.82. The number of ketones is 1. The van der Waals surface area contributed by atoms with Crippen molar-refractivity contribution in [1.82, 2.24) is 9.47 Å². The summed E-state index contributed by atoms with van der Waals surface area (Å²) in [6.07, 6.45) is 1.60. The zero-order valence-electron chi connectivity index (χ0n) is 17.7. The Hall–Kier alpha value is -3.15. The molecule has 0 bridgehead atoms. The molecule has 0 aliphatic heterocycles. The Morgan fingerprint density at radius 3 is 2.34 bits per heavy atom. The first-order valence-corrected chi connectivity index (χ1v) is 9.59. The lowest BCUT2D eigenvalue weighted by Crippen LogP contribution is -2.43. The van der Waals surface area contributed by atoms with Gasteiger partial charge in [0.2, 0.25) is 0 Å². The highest BCUT2D eigenvalue weighted by Gasteiger charge is 2.32. The standard InChI is InChI=1S/C23H28N2O4/c1-7-14-25(22(27)18-12-10-9-11-13-18)17(5)21(26)19-15(3)20(23(28)29-6)24(8-2)16(19)4/h7,9-13,17H,1,8,14H2,2-6H3. The molecule has 1 aromatic carbocycles. The van der Waals surface area contributed by atoms with E-state index in [1.54, 1.807) is 55.7 Å². The molecular formula is C23H28N2O4. The van der Waals surface area contributed by atoms with Crippen LogP contribution >= 0.6 is 0 Å². The van der Waals surface area contributed by atoms with E-state index in [2.05, 4.69) is 6.58 Å². The highest BCUT2D eigenvalue weighted by molar-refractivity contribution is 6.07. The van der Waals surface area contributed by atoms with E-state index in [1.807, 2.05) is 13.0 Å². The summed E-state index contributed by atoms with van der Waals surface area (Å²) in [5.74, 6) is -0.948. The van der Waals surface area contributed by atoms with Crippen LogP contribution in [0.15, 0.2) is 43.0 Å². The summed E-state index contributed by atoms with van der Waals surface area (Å²) in [4.78, 5) is 40.2. The number of hydrogen-bond donors (Lipinski definition) is 0. The average molecular weight is 396 g/mol. The summed E-state index contributed by atoms with van der Waals surface area (Å²) < 4.78 is 6.68. The third kappa shape index (κ3) is 4.16. The maximum atomic E-state index is 13.4. The van der Waals surface area contributed by atoms with Crippen molar-refractivity contribution in [1.29, 1.82) is 0 Å². The zero-order valence-corrected chi connectivity index (χ0v) is 17.7. The molecule has 29 heavy (non-hydrogen) atoms. The number of ether oxygens (including phenoxy) is 1. The van der Waals surface area contributed by atoms with Gasteiger partial charge in [-0.1, -0.05) is 24.3 Å². The monoisotopic (exact) mass is 396 g/mol. The molecule has 154 valence electrons. The van der Waals surface area contributed by atoms with Crippen molar-refractivity contribution in [2.24, 2.45) is 0 Å². The summed E-state index contributed by atoms with van der Waals surface area (Å²) in [7, 11) is 1.32. The van der Waals surface area contributed by atoms with Gasteiger partial charge in [-0.05, 0) is 45.4 Å². The average Bonchev–Trinajstić information content (AvgIpc) is 2.99. The van der Waals surface area contributed by atoms with Gasteiger partial charge in [0.1, 0.15) is 5.69 Å². The van der Waals surface area contributed by atoms with Gasteiger partial charge in [0.05, 0.1) is 13.2 Å². The van der Waals surface area contributed by atoms with Crippen molar-refractivity contribution in [2.45, 2.75) is 40.3 Å². The van der Waals surface area contributed by atoms with Gasteiger partial charge in [0.15, 0.2) is 5.78 Å². The maximum absolute atomic E-state index is 13.4. The molecule has 6 heteroatoms. The van der Waals surface area contributed by atoms with Gasteiger partial charge in [-0.3, -0.25) is 9.59 Å². The molecule has 0 aliphatic carbocycles. The normalized spacial score (nSPS) is 11.6. The Bertz CT molecular complexity index is 928. The number of esters is 1. The predicted molar refractivity (Wildman–Crippen MR) is 112 cm³/mol. The van der Waals surface area contributed by atoms with E-state index in [4.69, 9.17) is 4.74 Å². The van der Waals surface area contributed by atoms with Gasteiger partial charge in [-0.25, -0.2) is 4.79 Å². The molecule has 6 nitrogen and oxygen atoms in total. The van der Waals surface area contributed by atoms with Crippen LogP contribution in [0.3, 0.4) is 0 Å². The summed E-state index contributed by atoms with van der Waals surface area (Å²) in [6, 6.07) is 8.10. The Balaban J connectivity index is 2.49. The first kappa shape index (κ1) is 22.1. The molecule has 0 saturated heterocycles. The van der Waals surface area contributed by atoms with E-state index in [9.17, 15) is 14.4 Å². The Morgan fingerprint density at radius 1 is 1.21 bits per heavy atom. The first-order valence-electron chi connectivity index (χ1n) is 9.59. The smallest absolute Gasteiger partial charge is 0.354 e. The molecule has 0 radical (unpaired) electrons. The van der Waals surface area contributed by atoms with E-state index in [0.29, 0.717) is 34.6 Å². The fourth-order valence-electron chi connectivity index (χ4n) is 3.67. The number of benzene rings is 1. The number of Topliss-reactive ketones (excluding diaryl/α,β-unsaturated/α-hetero) is 1. The van der Waals surface area contributed by atoms with Crippen LogP contribution in [-0.4, -0.2) is 46.8 Å². The number of rotatable bonds is 8. The van der Waals surface area contributed by atoms with E-state index in [-0.39, 0.29) is 18.2 Å². The Labute approximate surface area is 171 Å². The van der Waals surface area contributed by atoms with Crippen LogP contribution in [0.5, 0.6) is 0 Å². The lowest BCUT2D eigenvalue weighted by Gasteiger charge is -2.27. The summed E-state index contributed by atoms with van der Waals surface area (Å²) in [5, 5.41) is 0. The lowest BCUT2D eigenvalue weighted by atomic mass is 9.99. The second-order valence-corrected chi connectivity index (χ2v) is 6.82. The van der Waals surface area contributed by atoms with Crippen molar-refractivity contribution in [3.63, 3.8) is 0 Å². The molecule has 1 amide bonds. The van der Waals surface area contributed by atoms with Gasteiger partial charge >= 0.3 is 5.97 Å². The molecule has 0 aliphatic rings. The van der Waals surface area contributed by atoms with Crippen molar-refractivity contribution in [3.8, 4) is 0 Å². The number of carbonyl (C=O) groups excluding carboxylic acids is 3. The minimum Gasteiger partial charge on any atom is -0.464 e. The quantitative estimate of drug-likeness (QED) is 0.387. The molecule has 1 unspecified atom stereocenters. The Morgan fingerprint density at radius 2 is 1.83 bits per heavy atom. The SMILES string of the molecule is C=CCN(C(=O)c1ccccc1)C(C)C(=O)c1c(C)c(C(=O)OC)n(CC)c1C. The minimum absolute atomic E-state index is 0.219. The van der Waals surface area contributed by atoms with Gasteiger partial charge in [-0.2, -0.15) is 0 Å². The molecular weight excluding hydrogens is 368 g/mol. The maximum Gasteiger partial charge on any atom is 0.354 e. The van der Waals surface area contributed by atoms with Crippen molar-refractivity contribution in [3.05, 3.63) is 71.1 Å². The van der Waals surface area contributed by atoms with Gasteiger partial charge < -0.3 is 14.2 Å². The fourth-order valence-corrected chi connectivity index (χ4v) is 3.67. The third-order valence-corrected chi connectivity index (χ3v) is 5.16. The van der Waals surface area contributed by atoms with Crippen molar-refractivity contribution in [2.75, 3.05) is 13.7 Å². The van der Waals surface area contributed by atoms with Crippen LogP contribution in [0.25, 0.3) is 0 Å². The fraction of sp³-hybridized carbons (Fsp3) is 0.348. The minimum atomic E-state index is -0.726. The second kappa shape index (κ2) is 9.37. The van der Waals surface area contributed by atoms with Gasteiger partial charge in [0.25, 0.3) is 5.91 Å². The van der Waals surface area contributed by atoms with Crippen LogP contribution in [-0.2, 0) is 11.3 Å². The molecule has 1 heterocycles. The van der Waals surface area contributed by atoms with Crippen molar-refractivity contribution >= 4 is 17.7 Å². The first-order chi connectivity index (χ1) is 13.8. The van der Waals surface area contributed by atoms with E-state index in [1.165, 1.54) is 12.0 Å². The molecule has 0 spiro atoms. The van der Waals surface area contributed by atoms with Crippen LogP contribution in [0.1, 0.15) is 56.3 Å². The molecule has 0 N–H and O–H groups in total. The van der Waals surface area contributed by atoms with Gasteiger partial charge in [-0.15, -0.1) is 6.58 Å². The van der Waals surface area contributed by atoms with Crippen molar-refractivity contribution < 1.29 is 19.1 Å². The number of nitrogens with zero attached hydrogens (tertiary/aromatic N) is 2. The van der Waals surface area contributed by atoms with Crippen LogP contribution < -0.4 is 0 Å². The number of methoxy groups -OCH3 is 1. The lowest BCUT2D eigenvalue weighted by molar-refractivity contribution is 0.0587. The number of hydrogen-bond acceptors (Lipinski definition) is 4. The highest BCUT2D eigenvalue weighted by Crippen LogP contribution is 2.26. The van der Waals surface area contributed by atoms with E-state index < -0.39 is 12.0 Å². The molecule has 2 aromatic rings. The molecule has 1 aromatic heterocycles. The number of carbonyl (C=O) groups is 3. The van der Waals surface area contributed by atoms with Crippen LogP contribution in [0.2, 0.25) is 0 Å². The molecule has 1 atom stereocenters. The molecule has 2 rings (SSSR count). The summed E-state index contributed by atoms with van der Waals surface area (Å²) >= 11 is 0. The third-order valence-electron chi connectivity index (χ3n) is 5.16. The highest BCUT2D eigenvalue weighted by atomic mass is 16.5. The summed E-state index contributed by atoms with van der Waals surface area (Å²) in [5.41, 5.74) is 2.58. The van der Waals surface area contributed by atoms with Crippen LogP contribution in [0, 0.1) is 13.8 Å². The predicted octanol–water partition coefficient (Wildman–Crippen LogP) is 3.81. The molecule has 0 fully saturated rings. The number of aromatic nitrogens is 1. The van der Waals surface area contributed by atoms with Gasteiger partial charge in [0, 0.05) is 29.9 Å². The molecule has 0 saturated carbocycles. The van der Waals surface area contributed by atoms with E-state index >= 15 is 0 Å². The van der Waals surface area contributed by atoms with Crippen LogP contribution in [0.4, 0.5) is 0 Å². The largest absolute Gasteiger partial charge is 0.464 e. The topological polar surface area (TPSA) is 68.6 Å². The Kier molecular flexibility index (Phi) is 7.15. The summed E-state index contributed by atoms with van der Waals surface area (Å²) in [6.45, 7) is 11.6.